The van der Waals surface area contributed by atoms with Gasteiger partial charge < -0.3 is 10.1 Å². The number of hydrogen-bond acceptors (Lipinski definition) is 6. The third-order valence-electron chi connectivity index (χ3n) is 2.70. The first-order chi connectivity index (χ1) is 11.2. The summed E-state index contributed by atoms with van der Waals surface area (Å²) in [5.74, 6) is -0.631. The van der Waals surface area contributed by atoms with Crippen molar-refractivity contribution in [3.8, 4) is 11.4 Å². The highest BCUT2D eigenvalue weighted by molar-refractivity contribution is 6.30. The summed E-state index contributed by atoms with van der Waals surface area (Å²) in [4.78, 5) is 24.4. The highest BCUT2D eigenvalue weighted by atomic mass is 35.5. The summed E-state index contributed by atoms with van der Waals surface area (Å²) in [7, 11) is 0. The number of aromatic nitrogens is 4. The number of amides is 1. The van der Waals surface area contributed by atoms with Crippen molar-refractivity contribution in [3.05, 3.63) is 29.3 Å². The van der Waals surface area contributed by atoms with Gasteiger partial charge in [-0.15, -0.1) is 10.2 Å². The number of rotatable bonds is 5. The van der Waals surface area contributed by atoms with Gasteiger partial charge in [0.25, 0.3) is 5.91 Å². The molecule has 1 N–H and O–H groups in total. The third-order valence-corrected chi connectivity index (χ3v) is 2.96. The second kappa shape index (κ2) is 7.39. The first-order valence-corrected chi connectivity index (χ1v) is 7.61. The Hall–Kier alpha value is -2.48. The van der Waals surface area contributed by atoms with Gasteiger partial charge in [0, 0.05) is 16.1 Å². The Kier molecular flexibility index (Phi) is 5.50. The molecule has 9 heteroatoms. The van der Waals surface area contributed by atoms with E-state index >= 15 is 0 Å². The Morgan fingerprint density at radius 3 is 2.54 bits per heavy atom. The fourth-order valence-electron chi connectivity index (χ4n) is 1.79. The number of nitrogens with one attached hydrogen (secondary N) is 1. The van der Waals surface area contributed by atoms with E-state index in [2.05, 4.69) is 20.7 Å². The summed E-state index contributed by atoms with van der Waals surface area (Å²) in [6, 6.07) is 6.91. The molecule has 0 radical (unpaired) electrons. The lowest BCUT2D eigenvalue weighted by Gasteiger charge is -2.20. The highest BCUT2D eigenvalue weighted by Gasteiger charge is 2.16. The molecule has 128 valence electrons. The van der Waals surface area contributed by atoms with Crippen LogP contribution in [0.3, 0.4) is 0 Å². The van der Waals surface area contributed by atoms with Crippen molar-refractivity contribution in [2.75, 3.05) is 6.61 Å². The van der Waals surface area contributed by atoms with Crippen LogP contribution in [-0.4, -0.2) is 44.2 Å². The van der Waals surface area contributed by atoms with Crippen molar-refractivity contribution < 1.29 is 14.3 Å². The molecule has 0 spiro atoms. The number of tetrazole rings is 1. The van der Waals surface area contributed by atoms with E-state index < -0.39 is 5.97 Å². The Morgan fingerprint density at radius 1 is 1.25 bits per heavy atom. The predicted octanol–water partition coefficient (Wildman–Crippen LogP) is 1.45. The first-order valence-electron chi connectivity index (χ1n) is 7.23. The van der Waals surface area contributed by atoms with Gasteiger partial charge in [0.2, 0.25) is 5.82 Å². The van der Waals surface area contributed by atoms with Gasteiger partial charge in [-0.05, 0) is 50.3 Å². The molecule has 8 nitrogen and oxygen atoms in total. The molecule has 0 aliphatic rings. The number of esters is 1. The molecule has 0 aliphatic heterocycles. The van der Waals surface area contributed by atoms with E-state index in [1.165, 1.54) is 0 Å². The average molecular weight is 352 g/mol. The van der Waals surface area contributed by atoms with E-state index in [0.29, 0.717) is 10.8 Å². The van der Waals surface area contributed by atoms with Crippen molar-refractivity contribution >= 4 is 23.5 Å². The van der Waals surface area contributed by atoms with Crippen molar-refractivity contribution in [2.45, 2.75) is 32.9 Å². The Bertz CT molecular complexity index is 721. The molecule has 0 fully saturated rings. The molecule has 0 saturated carbocycles. The summed E-state index contributed by atoms with van der Waals surface area (Å²) in [5.41, 5.74) is 0.341. The minimum Gasteiger partial charge on any atom is -0.454 e. The largest absolute Gasteiger partial charge is 0.454 e. The molecule has 2 aromatic rings. The third kappa shape index (κ3) is 5.62. The maximum Gasteiger partial charge on any atom is 0.330 e. The molecule has 0 bridgehead atoms. The molecule has 1 amide bonds. The molecule has 1 heterocycles. The summed E-state index contributed by atoms with van der Waals surface area (Å²) in [6.45, 7) is 4.93. The second-order valence-electron chi connectivity index (χ2n) is 6.11. The number of benzene rings is 1. The monoisotopic (exact) mass is 351 g/mol. The number of ether oxygens (including phenoxy) is 1. The van der Waals surface area contributed by atoms with Gasteiger partial charge in [-0.2, -0.15) is 4.80 Å². The molecule has 0 unspecified atom stereocenters. The van der Waals surface area contributed by atoms with Gasteiger partial charge in [0.1, 0.15) is 0 Å². The van der Waals surface area contributed by atoms with E-state index in [4.69, 9.17) is 16.3 Å². The van der Waals surface area contributed by atoms with Crippen molar-refractivity contribution in [2.24, 2.45) is 0 Å². The maximum absolute atomic E-state index is 11.7. The summed E-state index contributed by atoms with van der Waals surface area (Å²) in [5, 5.41) is 15.0. The van der Waals surface area contributed by atoms with Crippen LogP contribution in [0.5, 0.6) is 0 Å². The SMILES string of the molecule is CC(C)(C)NC(=O)COC(=O)Cn1nnc(-c2ccc(Cl)cc2)n1. The van der Waals surface area contributed by atoms with E-state index in [-0.39, 0.29) is 24.6 Å². The number of carbonyl (C=O) groups excluding carboxylic acids is 2. The van der Waals surface area contributed by atoms with Crippen molar-refractivity contribution in [3.63, 3.8) is 0 Å². The van der Waals surface area contributed by atoms with Crippen LogP contribution in [0.25, 0.3) is 11.4 Å². The van der Waals surface area contributed by atoms with Crippen molar-refractivity contribution in [1.29, 1.82) is 0 Å². The van der Waals surface area contributed by atoms with Crippen LogP contribution < -0.4 is 5.32 Å². The lowest BCUT2D eigenvalue weighted by molar-refractivity contribution is -0.150. The average Bonchev–Trinajstić information content (AvgIpc) is 2.92. The number of halogens is 1. The number of nitrogens with zero attached hydrogens (tertiary/aromatic N) is 4. The Balaban J connectivity index is 1.87. The second-order valence-corrected chi connectivity index (χ2v) is 6.55. The zero-order valence-corrected chi connectivity index (χ0v) is 14.4. The fourth-order valence-corrected chi connectivity index (χ4v) is 1.91. The number of carbonyl (C=O) groups is 2. The van der Waals surface area contributed by atoms with Gasteiger partial charge in [-0.25, -0.2) is 4.79 Å². The van der Waals surface area contributed by atoms with Gasteiger partial charge in [0.15, 0.2) is 13.2 Å². The minimum absolute atomic E-state index is 0.233. The molecule has 1 aromatic heterocycles. The predicted molar refractivity (Wildman–Crippen MR) is 87.1 cm³/mol. The van der Waals surface area contributed by atoms with Crippen LogP contribution >= 0.6 is 11.6 Å². The minimum atomic E-state index is -0.626. The van der Waals surface area contributed by atoms with Crippen LogP contribution in [0.2, 0.25) is 5.02 Å². The normalized spacial score (nSPS) is 11.2. The van der Waals surface area contributed by atoms with Gasteiger partial charge in [-0.1, -0.05) is 11.6 Å². The van der Waals surface area contributed by atoms with Crippen molar-refractivity contribution in [1.82, 2.24) is 25.5 Å². The number of hydrogen-bond donors (Lipinski definition) is 1. The highest BCUT2D eigenvalue weighted by Crippen LogP contribution is 2.16. The lowest BCUT2D eigenvalue weighted by atomic mass is 10.1. The van der Waals surface area contributed by atoms with Crippen LogP contribution in [-0.2, 0) is 20.9 Å². The zero-order valence-electron chi connectivity index (χ0n) is 13.6. The molecule has 0 atom stereocenters. The smallest absolute Gasteiger partial charge is 0.330 e. The Labute approximate surface area is 144 Å². The van der Waals surface area contributed by atoms with Crippen LogP contribution in [0.4, 0.5) is 0 Å². The fraction of sp³-hybridized carbons (Fsp3) is 0.400. The summed E-state index contributed by atoms with van der Waals surface area (Å²) < 4.78 is 4.89. The molecule has 0 saturated heterocycles. The van der Waals surface area contributed by atoms with E-state index in [1.54, 1.807) is 24.3 Å². The van der Waals surface area contributed by atoms with Gasteiger partial charge >= 0.3 is 5.97 Å². The van der Waals surface area contributed by atoms with Crippen LogP contribution in [0.1, 0.15) is 20.8 Å². The first kappa shape index (κ1) is 17.9. The van der Waals surface area contributed by atoms with Crippen LogP contribution in [0.15, 0.2) is 24.3 Å². The van der Waals surface area contributed by atoms with E-state index in [0.717, 1.165) is 10.4 Å². The molecule has 0 aliphatic carbocycles. The zero-order chi connectivity index (χ0) is 17.7. The van der Waals surface area contributed by atoms with Gasteiger partial charge in [0.05, 0.1) is 0 Å². The molecule has 1 aromatic carbocycles. The molecular formula is C15H18ClN5O3. The van der Waals surface area contributed by atoms with E-state index in [9.17, 15) is 9.59 Å². The quantitative estimate of drug-likeness (QED) is 0.818. The molecular weight excluding hydrogens is 334 g/mol. The van der Waals surface area contributed by atoms with Gasteiger partial charge in [-0.3, -0.25) is 4.79 Å². The van der Waals surface area contributed by atoms with Crippen LogP contribution in [0, 0.1) is 0 Å². The molecule has 2 rings (SSSR count). The maximum atomic E-state index is 11.7. The summed E-state index contributed by atoms with van der Waals surface area (Å²) >= 11 is 5.82. The lowest BCUT2D eigenvalue weighted by Crippen LogP contribution is -2.42. The molecule has 24 heavy (non-hydrogen) atoms. The standard InChI is InChI=1S/C15H18ClN5O3/c1-15(2,3)17-12(22)9-24-13(23)8-21-19-14(18-20-21)10-4-6-11(16)7-5-10/h4-7H,8-9H2,1-3H3,(H,17,22). The topological polar surface area (TPSA) is 99.0 Å². The van der Waals surface area contributed by atoms with E-state index in [1.807, 2.05) is 20.8 Å². The summed E-state index contributed by atoms with van der Waals surface area (Å²) in [6.07, 6.45) is 0. The Morgan fingerprint density at radius 2 is 1.92 bits per heavy atom.